The summed E-state index contributed by atoms with van der Waals surface area (Å²) in [6, 6.07) is 20.9. The van der Waals surface area contributed by atoms with Gasteiger partial charge in [0.05, 0.1) is 10.7 Å². The molecule has 1 atom stereocenters. The van der Waals surface area contributed by atoms with Crippen molar-refractivity contribution >= 4 is 29.3 Å². The van der Waals surface area contributed by atoms with E-state index < -0.39 is 11.0 Å². The Morgan fingerprint density at radius 2 is 1.63 bits per heavy atom. The van der Waals surface area contributed by atoms with Crippen LogP contribution in [0.5, 0.6) is 0 Å². The molecule has 0 radical (unpaired) electrons. The van der Waals surface area contributed by atoms with Gasteiger partial charge in [-0.15, -0.1) is 11.8 Å². The molecule has 0 unspecified atom stereocenters. The summed E-state index contributed by atoms with van der Waals surface area (Å²) in [7, 11) is 0. The lowest BCUT2D eigenvalue weighted by molar-refractivity contribution is -0.384. The van der Waals surface area contributed by atoms with E-state index in [0.717, 1.165) is 29.5 Å². The predicted octanol–water partition coefficient (Wildman–Crippen LogP) is 5.52. The first-order valence-corrected chi connectivity index (χ1v) is 13.7. The number of carbonyl (C=O) groups is 2. The second kappa shape index (κ2) is 14.9. The highest BCUT2D eigenvalue weighted by molar-refractivity contribution is 7.99. The van der Waals surface area contributed by atoms with Crippen LogP contribution < -0.4 is 5.32 Å². The number of non-ortho nitro benzene ring substituents is 1. The van der Waals surface area contributed by atoms with E-state index in [1.165, 1.54) is 36.0 Å². The van der Waals surface area contributed by atoms with Gasteiger partial charge in [0.2, 0.25) is 11.8 Å². The fourth-order valence-corrected chi connectivity index (χ4v) is 4.77. The molecule has 3 aromatic rings. The third-order valence-corrected chi connectivity index (χ3v) is 7.00. The zero-order chi connectivity index (χ0) is 27.3. The van der Waals surface area contributed by atoms with Gasteiger partial charge in [0.25, 0.3) is 5.69 Å². The number of amides is 2. The van der Waals surface area contributed by atoms with Crippen molar-refractivity contribution in [1.29, 1.82) is 0 Å². The van der Waals surface area contributed by atoms with Crippen LogP contribution in [0.4, 0.5) is 10.1 Å². The van der Waals surface area contributed by atoms with Crippen LogP contribution in [-0.2, 0) is 28.3 Å². The summed E-state index contributed by atoms with van der Waals surface area (Å²) in [5.74, 6) is -0.208. The van der Waals surface area contributed by atoms with Crippen molar-refractivity contribution in [2.24, 2.45) is 0 Å². The van der Waals surface area contributed by atoms with E-state index in [1.54, 1.807) is 29.2 Å². The van der Waals surface area contributed by atoms with Gasteiger partial charge in [0, 0.05) is 37.4 Å². The van der Waals surface area contributed by atoms with Gasteiger partial charge in [0.15, 0.2) is 0 Å². The largest absolute Gasteiger partial charge is 0.354 e. The molecule has 2 amide bonds. The zero-order valence-electron chi connectivity index (χ0n) is 21.3. The summed E-state index contributed by atoms with van der Waals surface area (Å²) < 4.78 is 13.5. The van der Waals surface area contributed by atoms with Gasteiger partial charge in [-0.3, -0.25) is 19.7 Å². The molecular weight excluding hydrogens is 505 g/mol. The van der Waals surface area contributed by atoms with Crippen LogP contribution in [0.25, 0.3) is 0 Å². The zero-order valence-corrected chi connectivity index (χ0v) is 22.2. The number of nitro groups is 1. The third kappa shape index (κ3) is 8.99. The van der Waals surface area contributed by atoms with Crippen molar-refractivity contribution in [3.05, 3.63) is 111 Å². The number of nitrogens with zero attached hydrogens (tertiary/aromatic N) is 2. The molecule has 0 saturated carbocycles. The summed E-state index contributed by atoms with van der Waals surface area (Å²) >= 11 is 1.37. The Labute approximate surface area is 226 Å². The van der Waals surface area contributed by atoms with Gasteiger partial charge in [-0.05, 0) is 35.2 Å². The molecule has 38 heavy (non-hydrogen) atoms. The highest BCUT2D eigenvalue weighted by Gasteiger charge is 2.30. The molecule has 0 aromatic heterocycles. The average molecular weight is 538 g/mol. The number of hydrogen-bond acceptors (Lipinski definition) is 5. The molecule has 0 aliphatic heterocycles. The molecule has 0 bridgehead atoms. The van der Waals surface area contributed by atoms with E-state index in [2.05, 4.69) is 5.32 Å². The molecule has 0 aliphatic rings. The summed E-state index contributed by atoms with van der Waals surface area (Å²) in [5.41, 5.74) is 2.52. The summed E-state index contributed by atoms with van der Waals surface area (Å²) in [5, 5.41) is 13.9. The number of halogens is 1. The van der Waals surface area contributed by atoms with Crippen LogP contribution in [0.2, 0.25) is 0 Å². The SMILES string of the molecule is CCCCNC(=O)[C@H](Cc1ccccc1)N(Cc1ccc(F)cc1)C(=O)CSCc1ccc([N+](=O)[O-])cc1. The normalized spacial score (nSPS) is 11.5. The fourth-order valence-electron chi connectivity index (χ4n) is 3.90. The smallest absolute Gasteiger partial charge is 0.269 e. The summed E-state index contributed by atoms with van der Waals surface area (Å²) in [4.78, 5) is 39.0. The Kier molecular flexibility index (Phi) is 11.3. The number of nitrogens with one attached hydrogen (secondary N) is 1. The second-order valence-corrected chi connectivity index (χ2v) is 9.90. The van der Waals surface area contributed by atoms with Crippen molar-refractivity contribution in [3.63, 3.8) is 0 Å². The molecule has 0 saturated heterocycles. The topological polar surface area (TPSA) is 92.6 Å². The summed E-state index contributed by atoms with van der Waals surface area (Å²) in [6.45, 7) is 2.73. The molecule has 0 aliphatic carbocycles. The molecule has 3 aromatic carbocycles. The van der Waals surface area contributed by atoms with E-state index >= 15 is 0 Å². The number of thioether (sulfide) groups is 1. The molecule has 3 rings (SSSR count). The molecule has 7 nitrogen and oxygen atoms in total. The highest BCUT2D eigenvalue weighted by Crippen LogP contribution is 2.20. The second-order valence-electron chi connectivity index (χ2n) is 8.91. The minimum atomic E-state index is -0.744. The number of rotatable bonds is 14. The minimum Gasteiger partial charge on any atom is -0.354 e. The maximum absolute atomic E-state index is 13.6. The predicted molar refractivity (Wildman–Crippen MR) is 148 cm³/mol. The summed E-state index contributed by atoms with van der Waals surface area (Å²) in [6.07, 6.45) is 2.11. The van der Waals surface area contributed by atoms with Crippen LogP contribution in [0, 0.1) is 15.9 Å². The minimum absolute atomic E-state index is 0.0122. The van der Waals surface area contributed by atoms with Gasteiger partial charge in [-0.1, -0.05) is 67.9 Å². The van der Waals surface area contributed by atoms with Gasteiger partial charge in [-0.2, -0.15) is 0 Å². The van der Waals surface area contributed by atoms with Gasteiger partial charge < -0.3 is 10.2 Å². The number of hydrogen-bond donors (Lipinski definition) is 1. The first kappa shape index (κ1) is 28.8. The van der Waals surface area contributed by atoms with Crippen LogP contribution in [-0.4, -0.2) is 40.0 Å². The lowest BCUT2D eigenvalue weighted by Crippen LogP contribution is -2.51. The average Bonchev–Trinajstić information content (AvgIpc) is 2.92. The van der Waals surface area contributed by atoms with Crippen LogP contribution in [0.15, 0.2) is 78.9 Å². The molecule has 1 N–H and O–H groups in total. The van der Waals surface area contributed by atoms with Crippen molar-refractivity contribution in [3.8, 4) is 0 Å². The van der Waals surface area contributed by atoms with Crippen molar-refractivity contribution in [2.45, 2.75) is 44.5 Å². The molecular formula is C29H32FN3O4S. The maximum Gasteiger partial charge on any atom is 0.269 e. The van der Waals surface area contributed by atoms with Gasteiger partial charge in [0.1, 0.15) is 11.9 Å². The molecule has 0 heterocycles. The van der Waals surface area contributed by atoms with E-state index in [4.69, 9.17) is 0 Å². The highest BCUT2D eigenvalue weighted by atomic mass is 32.2. The van der Waals surface area contributed by atoms with Crippen molar-refractivity contribution < 1.29 is 18.9 Å². The Hall–Kier alpha value is -3.72. The van der Waals surface area contributed by atoms with Gasteiger partial charge in [-0.25, -0.2) is 4.39 Å². The third-order valence-electron chi connectivity index (χ3n) is 6.01. The van der Waals surface area contributed by atoms with Crippen molar-refractivity contribution in [1.82, 2.24) is 10.2 Å². The van der Waals surface area contributed by atoms with Gasteiger partial charge >= 0.3 is 0 Å². The fraction of sp³-hybridized carbons (Fsp3) is 0.310. The maximum atomic E-state index is 13.6. The van der Waals surface area contributed by atoms with Crippen LogP contribution in [0.3, 0.4) is 0 Å². The lowest BCUT2D eigenvalue weighted by Gasteiger charge is -2.31. The van der Waals surface area contributed by atoms with Crippen molar-refractivity contribution in [2.75, 3.05) is 12.3 Å². The van der Waals surface area contributed by atoms with E-state index in [9.17, 15) is 24.1 Å². The van der Waals surface area contributed by atoms with Crippen LogP contribution >= 0.6 is 11.8 Å². The molecule has 9 heteroatoms. The quantitative estimate of drug-likeness (QED) is 0.166. The number of unbranched alkanes of at least 4 members (excludes halogenated alkanes) is 1. The Morgan fingerprint density at radius 3 is 2.26 bits per heavy atom. The molecule has 0 fully saturated rings. The molecule has 200 valence electrons. The van der Waals surface area contributed by atoms with E-state index in [1.807, 2.05) is 37.3 Å². The number of benzene rings is 3. The monoisotopic (exact) mass is 537 g/mol. The van der Waals surface area contributed by atoms with Crippen LogP contribution in [0.1, 0.15) is 36.5 Å². The first-order chi connectivity index (χ1) is 18.4. The first-order valence-electron chi connectivity index (χ1n) is 12.5. The number of carbonyl (C=O) groups excluding carboxylic acids is 2. The Morgan fingerprint density at radius 1 is 0.974 bits per heavy atom. The Bertz CT molecular complexity index is 1190. The van der Waals surface area contributed by atoms with E-state index in [-0.39, 0.29) is 35.6 Å². The number of nitro benzene ring substituents is 1. The lowest BCUT2D eigenvalue weighted by atomic mass is 10.0. The standard InChI is InChI=1S/C29H32FN3O4S/c1-2-3-17-31-29(35)27(18-22-7-5-4-6-8-22)32(19-23-9-13-25(30)14-10-23)28(34)21-38-20-24-11-15-26(16-12-24)33(36)37/h4-16,27H,2-3,17-21H2,1H3,(H,31,35)/t27-/m0/s1. The van der Waals surface area contributed by atoms with E-state index in [0.29, 0.717) is 18.7 Å². The Balaban J connectivity index is 1.80. The molecule has 0 spiro atoms.